The molecule has 10 heteroatoms. The Morgan fingerprint density at radius 3 is 2.67 bits per heavy atom. The summed E-state index contributed by atoms with van der Waals surface area (Å²) in [5, 5.41) is 0. The van der Waals surface area contributed by atoms with Crippen molar-refractivity contribution in [2.24, 2.45) is 5.92 Å². The SMILES string of the molecule is O=C1OC2(CCCCN2c2ncccc2CCN2CC[C@@H](CC(F)(F)F)C2)OC1=O. The molecule has 3 saturated heterocycles. The molecule has 4 heterocycles. The third-order valence-corrected chi connectivity index (χ3v) is 5.92. The van der Waals surface area contributed by atoms with Crippen LogP contribution in [0.3, 0.4) is 0 Å². The van der Waals surface area contributed by atoms with Crippen molar-refractivity contribution >= 4 is 17.8 Å². The number of likely N-dealkylation sites (tertiary alicyclic amines) is 1. The molecule has 1 aromatic rings. The van der Waals surface area contributed by atoms with E-state index in [0.29, 0.717) is 51.3 Å². The number of carbonyl (C=O) groups excluding carboxylic acids is 2. The molecule has 3 aliphatic heterocycles. The van der Waals surface area contributed by atoms with E-state index >= 15 is 0 Å². The van der Waals surface area contributed by atoms with E-state index in [2.05, 4.69) is 4.98 Å². The highest BCUT2D eigenvalue weighted by Gasteiger charge is 2.55. The van der Waals surface area contributed by atoms with Crippen LogP contribution in [0.4, 0.5) is 19.0 Å². The van der Waals surface area contributed by atoms with Crippen LogP contribution in [0, 0.1) is 5.92 Å². The van der Waals surface area contributed by atoms with Crippen LogP contribution < -0.4 is 4.90 Å². The lowest BCUT2D eigenvalue weighted by Gasteiger charge is -2.41. The average Bonchev–Trinajstić information content (AvgIpc) is 3.23. The van der Waals surface area contributed by atoms with E-state index < -0.39 is 30.4 Å². The summed E-state index contributed by atoms with van der Waals surface area (Å²) in [5.41, 5.74) is 0.872. The van der Waals surface area contributed by atoms with Gasteiger partial charge in [-0.05, 0) is 49.8 Å². The number of nitrogens with zero attached hydrogens (tertiary/aromatic N) is 3. The second-order valence-corrected chi connectivity index (χ2v) is 8.11. The predicted octanol–water partition coefficient (Wildman–Crippen LogP) is 2.64. The van der Waals surface area contributed by atoms with Crippen LogP contribution in [-0.2, 0) is 25.5 Å². The molecule has 1 aromatic heterocycles. The molecule has 0 amide bonds. The van der Waals surface area contributed by atoms with Crippen LogP contribution in [0.5, 0.6) is 0 Å². The molecule has 4 rings (SSSR count). The maximum Gasteiger partial charge on any atom is 0.422 e. The minimum atomic E-state index is -4.13. The Hall–Kier alpha value is -2.36. The zero-order valence-corrected chi connectivity index (χ0v) is 16.5. The van der Waals surface area contributed by atoms with E-state index in [0.717, 1.165) is 18.4 Å². The Kier molecular flexibility index (Phi) is 5.61. The van der Waals surface area contributed by atoms with Gasteiger partial charge in [0.15, 0.2) is 0 Å². The molecule has 0 aliphatic carbocycles. The molecular weight excluding hydrogens is 403 g/mol. The van der Waals surface area contributed by atoms with Gasteiger partial charge in [0.1, 0.15) is 5.82 Å². The topological polar surface area (TPSA) is 72.0 Å². The highest BCUT2D eigenvalue weighted by Crippen LogP contribution is 2.39. The molecule has 0 unspecified atom stereocenters. The summed E-state index contributed by atoms with van der Waals surface area (Å²) in [7, 11) is 0. The molecular formula is C20H24F3N3O4. The number of rotatable bonds is 5. The summed E-state index contributed by atoms with van der Waals surface area (Å²) in [6.45, 7) is 2.19. The quantitative estimate of drug-likeness (QED) is 0.528. The Balaban J connectivity index is 1.45. The molecule has 7 nitrogen and oxygen atoms in total. The fraction of sp³-hybridized carbons (Fsp3) is 0.650. The number of halogens is 3. The number of hydrogen-bond acceptors (Lipinski definition) is 7. The maximum atomic E-state index is 12.6. The molecule has 0 radical (unpaired) electrons. The van der Waals surface area contributed by atoms with E-state index in [9.17, 15) is 22.8 Å². The van der Waals surface area contributed by atoms with Gasteiger partial charge in [-0.2, -0.15) is 13.2 Å². The fourth-order valence-electron chi connectivity index (χ4n) is 4.55. The second-order valence-electron chi connectivity index (χ2n) is 8.11. The summed E-state index contributed by atoms with van der Waals surface area (Å²) in [6.07, 6.45) is -0.187. The minimum absolute atomic E-state index is 0.360. The molecule has 1 spiro atoms. The van der Waals surface area contributed by atoms with Crippen LogP contribution in [-0.4, -0.2) is 60.1 Å². The van der Waals surface area contributed by atoms with Crippen LogP contribution in [0.15, 0.2) is 18.3 Å². The number of ether oxygens (including phenoxy) is 2. The van der Waals surface area contributed by atoms with E-state index in [4.69, 9.17) is 9.47 Å². The molecule has 1 atom stereocenters. The first kappa shape index (κ1) is 20.9. The fourth-order valence-corrected chi connectivity index (χ4v) is 4.55. The van der Waals surface area contributed by atoms with E-state index in [-0.39, 0.29) is 5.92 Å². The van der Waals surface area contributed by atoms with Gasteiger partial charge >= 0.3 is 24.0 Å². The van der Waals surface area contributed by atoms with Crippen molar-refractivity contribution in [1.29, 1.82) is 0 Å². The Bertz CT molecular complexity index is 801. The normalized spacial score (nSPS) is 24.4. The predicted molar refractivity (Wildman–Crippen MR) is 99.3 cm³/mol. The van der Waals surface area contributed by atoms with Crippen molar-refractivity contribution in [3.8, 4) is 0 Å². The molecule has 3 aliphatic rings. The third-order valence-electron chi connectivity index (χ3n) is 5.92. The van der Waals surface area contributed by atoms with Crippen molar-refractivity contribution in [2.45, 2.75) is 50.6 Å². The van der Waals surface area contributed by atoms with Gasteiger partial charge in [0, 0.05) is 38.7 Å². The number of pyridine rings is 1. The first-order valence-corrected chi connectivity index (χ1v) is 10.2. The highest BCUT2D eigenvalue weighted by atomic mass is 19.4. The van der Waals surface area contributed by atoms with E-state index in [1.165, 1.54) is 0 Å². The molecule has 0 N–H and O–H groups in total. The smallest absolute Gasteiger partial charge is 0.395 e. The summed E-state index contributed by atoms with van der Waals surface area (Å²) < 4.78 is 48.6. The zero-order valence-electron chi connectivity index (χ0n) is 16.5. The summed E-state index contributed by atoms with van der Waals surface area (Å²) in [5.74, 6) is -3.26. The van der Waals surface area contributed by atoms with E-state index in [1.807, 2.05) is 11.0 Å². The molecule has 30 heavy (non-hydrogen) atoms. The lowest BCUT2D eigenvalue weighted by atomic mass is 10.0. The second kappa shape index (κ2) is 8.05. The Labute approximate surface area is 172 Å². The number of hydrogen-bond donors (Lipinski definition) is 0. The standard InChI is InChI=1S/C20H24F3N3O4/c21-19(22,23)12-14-5-10-25(13-14)11-6-15-4-3-8-24-16(15)26-9-2-1-7-20(26)29-17(27)18(28)30-20/h3-4,8,14H,1-2,5-7,9-13H2/t14-/m0/s1. The van der Waals surface area contributed by atoms with Crippen LogP contribution in [0.1, 0.15) is 37.7 Å². The number of esters is 2. The van der Waals surface area contributed by atoms with Crippen molar-refractivity contribution in [2.75, 3.05) is 31.1 Å². The van der Waals surface area contributed by atoms with Gasteiger partial charge in [0.05, 0.1) is 0 Å². The van der Waals surface area contributed by atoms with Crippen LogP contribution >= 0.6 is 0 Å². The van der Waals surface area contributed by atoms with Gasteiger partial charge in [-0.15, -0.1) is 0 Å². The number of aromatic nitrogens is 1. The average molecular weight is 427 g/mol. The van der Waals surface area contributed by atoms with Gasteiger partial charge < -0.3 is 14.4 Å². The maximum absolute atomic E-state index is 12.6. The number of anilines is 1. The van der Waals surface area contributed by atoms with Gasteiger partial charge in [0.25, 0.3) is 0 Å². The van der Waals surface area contributed by atoms with Crippen LogP contribution in [0.25, 0.3) is 0 Å². The van der Waals surface area contributed by atoms with Gasteiger partial charge in [-0.3, -0.25) is 4.90 Å². The van der Waals surface area contributed by atoms with Gasteiger partial charge in [-0.25, -0.2) is 14.6 Å². The van der Waals surface area contributed by atoms with Gasteiger partial charge in [-0.1, -0.05) is 6.07 Å². The van der Waals surface area contributed by atoms with Crippen molar-refractivity contribution in [3.05, 3.63) is 23.9 Å². The molecule has 0 aromatic carbocycles. The first-order chi connectivity index (χ1) is 14.3. The molecule has 0 saturated carbocycles. The summed E-state index contributed by atoms with van der Waals surface area (Å²) >= 11 is 0. The lowest BCUT2D eigenvalue weighted by Crippen LogP contribution is -2.54. The lowest BCUT2D eigenvalue weighted by molar-refractivity contribution is -0.186. The number of carbonyl (C=O) groups is 2. The molecule has 3 fully saturated rings. The van der Waals surface area contributed by atoms with Gasteiger partial charge in [0.2, 0.25) is 0 Å². The molecule has 0 bridgehead atoms. The highest BCUT2D eigenvalue weighted by molar-refractivity contribution is 6.31. The van der Waals surface area contributed by atoms with Crippen molar-refractivity contribution < 1.29 is 32.2 Å². The summed E-state index contributed by atoms with van der Waals surface area (Å²) in [4.78, 5) is 31.6. The van der Waals surface area contributed by atoms with Crippen LogP contribution in [0.2, 0.25) is 0 Å². The Morgan fingerprint density at radius 1 is 1.17 bits per heavy atom. The summed E-state index contributed by atoms with van der Waals surface area (Å²) in [6, 6.07) is 3.69. The van der Waals surface area contributed by atoms with Crippen molar-refractivity contribution in [1.82, 2.24) is 9.88 Å². The Morgan fingerprint density at radius 2 is 1.93 bits per heavy atom. The monoisotopic (exact) mass is 427 g/mol. The molecule has 164 valence electrons. The number of alkyl halides is 3. The first-order valence-electron chi connectivity index (χ1n) is 10.2. The van der Waals surface area contributed by atoms with Crippen molar-refractivity contribution in [3.63, 3.8) is 0 Å². The zero-order chi connectivity index (χ0) is 21.4. The largest absolute Gasteiger partial charge is 0.422 e. The third kappa shape index (κ3) is 4.38. The number of piperidine rings is 1. The minimum Gasteiger partial charge on any atom is -0.395 e. The van der Waals surface area contributed by atoms with E-state index in [1.54, 1.807) is 17.2 Å².